The van der Waals surface area contributed by atoms with Crippen molar-refractivity contribution in [1.82, 2.24) is 0 Å². The molecule has 1 heterocycles. The number of aryl methyl sites for hydroxylation is 1. The van der Waals surface area contributed by atoms with Crippen molar-refractivity contribution >= 4 is 11.7 Å². The summed E-state index contributed by atoms with van der Waals surface area (Å²) < 4.78 is 6.07. The number of anilines is 1. The van der Waals surface area contributed by atoms with Crippen LogP contribution in [0.1, 0.15) is 35.3 Å². The minimum absolute atomic E-state index is 0.261. The molecular formula is C19H21NO3. The Morgan fingerprint density at radius 1 is 1.22 bits per heavy atom. The normalized spacial score (nSPS) is 15.7. The van der Waals surface area contributed by atoms with E-state index in [4.69, 9.17) is 9.84 Å². The summed E-state index contributed by atoms with van der Waals surface area (Å²) in [6, 6.07) is 13.3. The summed E-state index contributed by atoms with van der Waals surface area (Å²) in [5.41, 5.74) is 3.42. The second-order valence-electron chi connectivity index (χ2n) is 6.69. The van der Waals surface area contributed by atoms with Crippen LogP contribution >= 0.6 is 0 Å². The first-order valence-electron chi connectivity index (χ1n) is 7.71. The van der Waals surface area contributed by atoms with E-state index in [-0.39, 0.29) is 5.60 Å². The molecule has 2 aromatic carbocycles. The Labute approximate surface area is 136 Å². The molecule has 4 nitrogen and oxygen atoms in total. The number of hydrogen-bond acceptors (Lipinski definition) is 3. The summed E-state index contributed by atoms with van der Waals surface area (Å²) in [4.78, 5) is 13.3. The molecule has 2 aromatic rings. The number of rotatable bonds is 3. The second-order valence-corrected chi connectivity index (χ2v) is 6.69. The highest BCUT2D eigenvalue weighted by Crippen LogP contribution is 2.38. The maximum Gasteiger partial charge on any atom is 0.335 e. The Kier molecular flexibility index (Phi) is 3.76. The molecule has 0 aliphatic carbocycles. The van der Waals surface area contributed by atoms with Gasteiger partial charge >= 0.3 is 5.97 Å². The summed E-state index contributed by atoms with van der Waals surface area (Å²) in [6.45, 7) is 7.74. The highest BCUT2D eigenvalue weighted by Gasteiger charge is 2.31. The van der Waals surface area contributed by atoms with E-state index in [0.29, 0.717) is 5.56 Å². The average Bonchev–Trinajstić information content (AvgIpc) is 2.48. The number of carboxylic acid groups (broad SMARTS) is 1. The van der Waals surface area contributed by atoms with Crippen LogP contribution in [0.25, 0.3) is 0 Å². The van der Waals surface area contributed by atoms with Gasteiger partial charge in [0.1, 0.15) is 11.4 Å². The Hall–Kier alpha value is -2.49. The molecule has 0 saturated carbocycles. The molecule has 0 fully saturated rings. The third-order valence-electron chi connectivity index (χ3n) is 3.99. The van der Waals surface area contributed by atoms with Crippen molar-refractivity contribution in [3.63, 3.8) is 0 Å². The number of carboxylic acids is 1. The number of ether oxygens (including phenoxy) is 1. The lowest BCUT2D eigenvalue weighted by molar-refractivity contribution is 0.0697. The topological polar surface area (TPSA) is 49.8 Å². The van der Waals surface area contributed by atoms with Crippen LogP contribution < -0.4 is 9.64 Å². The molecule has 23 heavy (non-hydrogen) atoms. The number of benzene rings is 2. The lowest BCUT2D eigenvalue weighted by atomic mass is 10.0. The van der Waals surface area contributed by atoms with Crippen molar-refractivity contribution in [3.05, 3.63) is 59.2 Å². The Morgan fingerprint density at radius 2 is 1.91 bits per heavy atom. The lowest BCUT2D eigenvalue weighted by Crippen LogP contribution is -2.46. The van der Waals surface area contributed by atoms with Gasteiger partial charge in [-0.05, 0) is 56.2 Å². The van der Waals surface area contributed by atoms with E-state index in [1.807, 2.05) is 18.2 Å². The largest absolute Gasteiger partial charge is 0.484 e. The fourth-order valence-corrected chi connectivity index (χ4v) is 2.95. The molecule has 0 bridgehead atoms. The number of fused-ring (bicyclic) bond motifs is 1. The fraction of sp³-hybridized carbons (Fsp3) is 0.316. The first kappa shape index (κ1) is 15.4. The van der Waals surface area contributed by atoms with Crippen LogP contribution in [0.3, 0.4) is 0 Å². The first-order chi connectivity index (χ1) is 10.8. The van der Waals surface area contributed by atoms with Crippen LogP contribution in [0.15, 0.2) is 42.5 Å². The van der Waals surface area contributed by atoms with Gasteiger partial charge in [0.2, 0.25) is 0 Å². The summed E-state index contributed by atoms with van der Waals surface area (Å²) in [6.07, 6.45) is 0. The minimum Gasteiger partial charge on any atom is -0.484 e. The molecule has 1 aliphatic rings. The van der Waals surface area contributed by atoms with Gasteiger partial charge in [-0.15, -0.1) is 0 Å². The SMILES string of the molecule is Cc1ccc2c(c1)N(Cc1ccc(C(=O)O)cc1)CC(C)(C)O2. The van der Waals surface area contributed by atoms with E-state index in [0.717, 1.165) is 30.1 Å². The van der Waals surface area contributed by atoms with E-state index in [2.05, 4.69) is 37.8 Å². The maximum absolute atomic E-state index is 11.0. The molecule has 3 rings (SSSR count). The second kappa shape index (κ2) is 5.61. The van der Waals surface area contributed by atoms with E-state index in [1.165, 1.54) is 5.56 Å². The van der Waals surface area contributed by atoms with Gasteiger partial charge in [0, 0.05) is 6.54 Å². The molecule has 0 unspecified atom stereocenters. The Bertz CT molecular complexity index is 735. The zero-order valence-electron chi connectivity index (χ0n) is 13.7. The summed E-state index contributed by atoms with van der Waals surface area (Å²) in [7, 11) is 0. The van der Waals surface area contributed by atoms with Gasteiger partial charge in [-0.3, -0.25) is 0 Å². The predicted molar refractivity (Wildman–Crippen MR) is 90.3 cm³/mol. The van der Waals surface area contributed by atoms with E-state index in [9.17, 15) is 4.79 Å². The summed E-state index contributed by atoms with van der Waals surface area (Å²) in [5, 5.41) is 9.00. The van der Waals surface area contributed by atoms with Crippen molar-refractivity contribution in [2.45, 2.75) is 32.9 Å². The molecule has 1 N–H and O–H groups in total. The molecule has 1 aliphatic heterocycles. The van der Waals surface area contributed by atoms with Crippen molar-refractivity contribution < 1.29 is 14.6 Å². The molecule has 4 heteroatoms. The van der Waals surface area contributed by atoms with Gasteiger partial charge in [-0.2, -0.15) is 0 Å². The third kappa shape index (κ3) is 3.31. The molecule has 0 amide bonds. The Morgan fingerprint density at radius 3 is 2.57 bits per heavy atom. The standard InChI is InChI=1S/C19H21NO3/c1-13-4-9-17-16(10-13)20(12-19(2,3)23-17)11-14-5-7-15(8-6-14)18(21)22/h4-10H,11-12H2,1-3H3,(H,21,22). The molecule has 0 spiro atoms. The van der Waals surface area contributed by atoms with Gasteiger partial charge in [-0.1, -0.05) is 18.2 Å². The molecule has 0 radical (unpaired) electrons. The molecule has 0 atom stereocenters. The van der Waals surface area contributed by atoms with E-state index < -0.39 is 5.97 Å². The predicted octanol–water partition coefficient (Wildman–Crippen LogP) is 3.87. The minimum atomic E-state index is -0.898. The van der Waals surface area contributed by atoms with E-state index in [1.54, 1.807) is 12.1 Å². The van der Waals surface area contributed by atoms with E-state index >= 15 is 0 Å². The highest BCUT2D eigenvalue weighted by atomic mass is 16.5. The van der Waals surface area contributed by atoms with Gasteiger partial charge < -0.3 is 14.7 Å². The van der Waals surface area contributed by atoms with Gasteiger partial charge in [-0.25, -0.2) is 4.79 Å². The van der Waals surface area contributed by atoms with Crippen LogP contribution in [0.2, 0.25) is 0 Å². The fourth-order valence-electron chi connectivity index (χ4n) is 2.95. The van der Waals surface area contributed by atoms with Crippen LogP contribution in [0.5, 0.6) is 5.75 Å². The van der Waals surface area contributed by atoms with Gasteiger partial charge in [0.15, 0.2) is 0 Å². The first-order valence-corrected chi connectivity index (χ1v) is 7.71. The summed E-state index contributed by atoms with van der Waals surface area (Å²) in [5.74, 6) is -0.000896. The van der Waals surface area contributed by atoms with Crippen LogP contribution in [-0.4, -0.2) is 23.2 Å². The smallest absolute Gasteiger partial charge is 0.335 e. The quantitative estimate of drug-likeness (QED) is 0.935. The Balaban J connectivity index is 1.90. The highest BCUT2D eigenvalue weighted by molar-refractivity contribution is 5.87. The lowest BCUT2D eigenvalue weighted by Gasteiger charge is -2.41. The maximum atomic E-state index is 11.0. The van der Waals surface area contributed by atoms with Crippen LogP contribution in [0.4, 0.5) is 5.69 Å². The molecule has 0 saturated heterocycles. The monoisotopic (exact) mass is 311 g/mol. The van der Waals surface area contributed by atoms with Gasteiger partial charge in [0.25, 0.3) is 0 Å². The van der Waals surface area contributed by atoms with Crippen LogP contribution in [-0.2, 0) is 6.54 Å². The average molecular weight is 311 g/mol. The molecule has 0 aromatic heterocycles. The van der Waals surface area contributed by atoms with Crippen molar-refractivity contribution in [1.29, 1.82) is 0 Å². The number of carbonyl (C=O) groups is 1. The number of aromatic carboxylic acids is 1. The van der Waals surface area contributed by atoms with Gasteiger partial charge in [0.05, 0.1) is 17.8 Å². The zero-order valence-corrected chi connectivity index (χ0v) is 13.7. The zero-order chi connectivity index (χ0) is 16.6. The molecular weight excluding hydrogens is 290 g/mol. The molecule has 120 valence electrons. The van der Waals surface area contributed by atoms with Crippen LogP contribution in [0, 0.1) is 6.92 Å². The van der Waals surface area contributed by atoms with Crippen molar-refractivity contribution in [2.24, 2.45) is 0 Å². The third-order valence-corrected chi connectivity index (χ3v) is 3.99. The van der Waals surface area contributed by atoms with Crippen molar-refractivity contribution in [2.75, 3.05) is 11.4 Å². The number of hydrogen-bond donors (Lipinski definition) is 1. The van der Waals surface area contributed by atoms with Crippen molar-refractivity contribution in [3.8, 4) is 5.75 Å². The summed E-state index contributed by atoms with van der Waals surface area (Å²) >= 11 is 0. The number of nitrogens with zero attached hydrogens (tertiary/aromatic N) is 1.